The van der Waals surface area contributed by atoms with E-state index >= 15 is 0 Å². The lowest BCUT2D eigenvalue weighted by Gasteiger charge is -2.17. The van der Waals surface area contributed by atoms with E-state index in [1.165, 1.54) is 41.8 Å². The molecule has 0 N–H and O–H groups in total. The van der Waals surface area contributed by atoms with Crippen molar-refractivity contribution < 1.29 is 17.6 Å². The van der Waals surface area contributed by atoms with Gasteiger partial charge in [0.15, 0.2) is 5.58 Å². The van der Waals surface area contributed by atoms with Gasteiger partial charge in [-0.2, -0.15) is 0 Å². The first kappa shape index (κ1) is 18.9. The zero-order chi connectivity index (χ0) is 19.8. The predicted molar refractivity (Wildman–Crippen MR) is 101 cm³/mol. The molecular weight excluding hydrogens is 370 g/mol. The molecule has 0 spiro atoms. The third kappa shape index (κ3) is 3.51. The van der Waals surface area contributed by atoms with Gasteiger partial charge in [0.25, 0.3) is 0 Å². The van der Waals surface area contributed by atoms with E-state index in [1.54, 1.807) is 19.2 Å². The zero-order valence-electron chi connectivity index (χ0n) is 15.1. The number of amides is 1. The van der Waals surface area contributed by atoms with Crippen molar-refractivity contribution in [3.05, 3.63) is 59.1 Å². The lowest BCUT2D eigenvalue weighted by atomic mass is 10.3. The number of benzene rings is 2. The maximum atomic E-state index is 12.5. The van der Waals surface area contributed by atoms with Crippen molar-refractivity contribution in [2.45, 2.75) is 11.4 Å². The summed E-state index contributed by atoms with van der Waals surface area (Å²) in [4.78, 5) is 26.2. The topological polar surface area (TPSA) is 92.8 Å². The number of fused-ring (bicyclic) bond motifs is 1. The summed E-state index contributed by atoms with van der Waals surface area (Å²) < 4.78 is 31.9. The maximum absolute atomic E-state index is 12.5. The summed E-state index contributed by atoms with van der Waals surface area (Å²) in [5.41, 5.74) is 1.16. The molecule has 9 heteroatoms. The van der Waals surface area contributed by atoms with Crippen LogP contribution in [0.2, 0.25) is 0 Å². The van der Waals surface area contributed by atoms with E-state index < -0.39 is 15.8 Å². The second kappa shape index (κ2) is 7.01. The van der Waals surface area contributed by atoms with E-state index in [1.807, 2.05) is 18.2 Å². The number of carbonyl (C=O) groups excluding carboxylic acids is 1. The van der Waals surface area contributed by atoms with Crippen molar-refractivity contribution in [3.63, 3.8) is 0 Å². The van der Waals surface area contributed by atoms with Crippen molar-refractivity contribution in [3.8, 4) is 0 Å². The monoisotopic (exact) mass is 389 g/mol. The highest BCUT2D eigenvalue weighted by Crippen LogP contribution is 2.21. The highest BCUT2D eigenvalue weighted by Gasteiger charge is 2.21. The summed E-state index contributed by atoms with van der Waals surface area (Å²) in [6, 6.07) is 13.2. The first-order valence-corrected chi connectivity index (χ1v) is 9.53. The van der Waals surface area contributed by atoms with Crippen LogP contribution in [0.5, 0.6) is 0 Å². The molecule has 0 saturated heterocycles. The minimum absolute atomic E-state index is 0.00799. The standard InChI is InChI=1S/C18H19N3O5S/c1-19(2)27(24,25)14-9-10-15-16(11-14)26-18(23)21(15)12-17(22)20(3)13-7-5-4-6-8-13/h4-11H,12H2,1-3H3. The molecule has 0 aliphatic heterocycles. The predicted octanol–water partition coefficient (Wildman–Crippen LogP) is 1.51. The smallest absolute Gasteiger partial charge is 0.408 e. The Labute approximate surface area is 156 Å². The van der Waals surface area contributed by atoms with Crippen LogP contribution in [-0.2, 0) is 21.4 Å². The average molecular weight is 389 g/mol. The number of hydrogen-bond donors (Lipinski definition) is 0. The quantitative estimate of drug-likeness (QED) is 0.659. The van der Waals surface area contributed by atoms with Crippen LogP contribution >= 0.6 is 0 Å². The van der Waals surface area contributed by atoms with E-state index in [4.69, 9.17) is 4.42 Å². The molecule has 142 valence electrons. The lowest BCUT2D eigenvalue weighted by molar-refractivity contribution is -0.118. The Morgan fingerprint density at radius 1 is 1.07 bits per heavy atom. The molecule has 0 saturated carbocycles. The number of hydrogen-bond acceptors (Lipinski definition) is 5. The largest absolute Gasteiger partial charge is 0.420 e. The van der Waals surface area contributed by atoms with Crippen molar-refractivity contribution in [2.24, 2.45) is 0 Å². The highest BCUT2D eigenvalue weighted by atomic mass is 32.2. The number of anilines is 1. The second-order valence-electron chi connectivity index (χ2n) is 6.16. The van der Waals surface area contributed by atoms with Crippen molar-refractivity contribution in [1.82, 2.24) is 8.87 Å². The van der Waals surface area contributed by atoms with Gasteiger partial charge in [-0.05, 0) is 24.3 Å². The van der Waals surface area contributed by atoms with E-state index in [9.17, 15) is 18.0 Å². The third-order valence-corrected chi connectivity index (χ3v) is 6.04. The fourth-order valence-corrected chi connectivity index (χ4v) is 3.52. The number of oxazole rings is 1. The summed E-state index contributed by atoms with van der Waals surface area (Å²) in [5, 5.41) is 0. The van der Waals surface area contributed by atoms with Crippen molar-refractivity contribution in [1.29, 1.82) is 0 Å². The molecule has 0 unspecified atom stereocenters. The van der Waals surface area contributed by atoms with Gasteiger partial charge < -0.3 is 9.32 Å². The Balaban J connectivity index is 1.95. The molecular formula is C18H19N3O5S. The number of rotatable bonds is 5. The molecule has 2 aromatic carbocycles. The molecule has 3 rings (SSSR count). The normalized spacial score (nSPS) is 11.9. The Kier molecular flexibility index (Phi) is 4.90. The number of para-hydroxylation sites is 1. The van der Waals surface area contributed by atoms with Crippen molar-refractivity contribution >= 4 is 32.7 Å². The van der Waals surface area contributed by atoms with Crippen LogP contribution in [0, 0.1) is 0 Å². The molecule has 1 aromatic heterocycles. The van der Waals surface area contributed by atoms with Gasteiger partial charge in [-0.1, -0.05) is 18.2 Å². The van der Waals surface area contributed by atoms with E-state index in [-0.39, 0.29) is 22.9 Å². The van der Waals surface area contributed by atoms with Crippen LogP contribution < -0.4 is 10.7 Å². The van der Waals surface area contributed by atoms with Crippen molar-refractivity contribution in [2.75, 3.05) is 26.0 Å². The maximum Gasteiger partial charge on any atom is 0.420 e. The van der Waals surface area contributed by atoms with E-state index in [2.05, 4.69) is 0 Å². The molecule has 1 heterocycles. The molecule has 0 aliphatic carbocycles. The molecule has 0 aliphatic rings. The van der Waals surface area contributed by atoms with Crippen LogP contribution in [0.25, 0.3) is 11.1 Å². The average Bonchev–Trinajstić information content (AvgIpc) is 2.96. The summed E-state index contributed by atoms with van der Waals surface area (Å²) >= 11 is 0. The van der Waals surface area contributed by atoms with Gasteiger partial charge in [0.1, 0.15) is 6.54 Å². The van der Waals surface area contributed by atoms with Crippen LogP contribution in [0.4, 0.5) is 5.69 Å². The Morgan fingerprint density at radius 2 is 1.74 bits per heavy atom. The summed E-state index contributed by atoms with van der Waals surface area (Å²) in [6.45, 7) is -0.225. The fraction of sp³-hybridized carbons (Fsp3) is 0.222. The minimum atomic E-state index is -3.66. The number of aromatic nitrogens is 1. The third-order valence-electron chi connectivity index (χ3n) is 4.23. The van der Waals surface area contributed by atoms with E-state index in [0.717, 1.165) is 4.31 Å². The minimum Gasteiger partial charge on any atom is -0.408 e. The number of carbonyl (C=O) groups is 1. The Bertz CT molecular complexity index is 1150. The molecule has 8 nitrogen and oxygen atoms in total. The molecule has 0 fully saturated rings. The van der Waals surface area contributed by atoms with Crippen LogP contribution in [-0.4, -0.2) is 44.3 Å². The van der Waals surface area contributed by atoms with Crippen LogP contribution in [0.1, 0.15) is 0 Å². The molecule has 0 radical (unpaired) electrons. The van der Waals surface area contributed by atoms with Gasteiger partial charge in [-0.25, -0.2) is 17.5 Å². The molecule has 1 amide bonds. The van der Waals surface area contributed by atoms with Gasteiger partial charge in [0, 0.05) is 32.9 Å². The number of likely N-dealkylation sites (N-methyl/N-ethyl adjacent to an activating group) is 1. The van der Waals surface area contributed by atoms with Gasteiger partial charge in [0.2, 0.25) is 15.9 Å². The highest BCUT2D eigenvalue weighted by molar-refractivity contribution is 7.89. The Hall–Kier alpha value is -2.91. The summed E-state index contributed by atoms with van der Waals surface area (Å²) in [5.74, 6) is -1.03. The Morgan fingerprint density at radius 3 is 2.37 bits per heavy atom. The molecule has 0 atom stereocenters. The lowest BCUT2D eigenvalue weighted by Crippen LogP contribution is -2.32. The molecule has 0 bridgehead atoms. The zero-order valence-corrected chi connectivity index (χ0v) is 15.9. The van der Waals surface area contributed by atoms with Crippen LogP contribution in [0.3, 0.4) is 0 Å². The van der Waals surface area contributed by atoms with E-state index in [0.29, 0.717) is 11.2 Å². The fourth-order valence-electron chi connectivity index (χ4n) is 2.60. The number of sulfonamides is 1. The van der Waals surface area contributed by atoms with Gasteiger partial charge >= 0.3 is 5.76 Å². The first-order valence-electron chi connectivity index (χ1n) is 8.09. The molecule has 27 heavy (non-hydrogen) atoms. The second-order valence-corrected chi connectivity index (χ2v) is 8.31. The summed E-state index contributed by atoms with van der Waals surface area (Å²) in [7, 11) is 0.791. The molecule has 3 aromatic rings. The first-order chi connectivity index (χ1) is 12.7. The van der Waals surface area contributed by atoms with Gasteiger partial charge in [-0.15, -0.1) is 0 Å². The number of nitrogens with zero attached hydrogens (tertiary/aromatic N) is 3. The van der Waals surface area contributed by atoms with Crippen LogP contribution in [0.15, 0.2) is 62.6 Å². The SMILES string of the molecule is CN(C(=O)Cn1c(=O)oc2cc(S(=O)(=O)N(C)C)ccc21)c1ccccc1. The summed E-state index contributed by atoms with van der Waals surface area (Å²) in [6.07, 6.45) is 0. The van der Waals surface area contributed by atoms with Gasteiger partial charge in [-0.3, -0.25) is 9.36 Å². The van der Waals surface area contributed by atoms with Gasteiger partial charge in [0.05, 0.1) is 10.4 Å².